The fraction of sp³-hybridized carbons (Fsp3) is 0.500. The topological polar surface area (TPSA) is 55.8 Å². The van der Waals surface area contributed by atoms with E-state index in [0.717, 1.165) is 11.5 Å². The predicted octanol–water partition coefficient (Wildman–Crippen LogP) is 2.05. The molecule has 1 aromatic rings. The first kappa shape index (κ1) is 15.4. The van der Waals surface area contributed by atoms with Gasteiger partial charge >= 0.3 is 0 Å². The largest absolute Gasteiger partial charge is 0.497 e. The van der Waals surface area contributed by atoms with Crippen LogP contribution in [0.25, 0.3) is 0 Å². The van der Waals surface area contributed by atoms with Gasteiger partial charge in [0.25, 0.3) is 0 Å². The van der Waals surface area contributed by atoms with Crippen LogP contribution < -0.4 is 9.47 Å². The van der Waals surface area contributed by atoms with Crippen molar-refractivity contribution < 1.29 is 19.1 Å². The second-order valence-electron chi connectivity index (χ2n) is 5.05. The highest BCUT2D eigenvalue weighted by atomic mass is 16.5. The molecule has 21 heavy (non-hydrogen) atoms. The maximum atomic E-state index is 11.9. The van der Waals surface area contributed by atoms with Crippen molar-refractivity contribution in [2.24, 2.45) is 0 Å². The average Bonchev–Trinajstić information content (AvgIpc) is 2.52. The third kappa shape index (κ3) is 4.77. The number of rotatable bonds is 6. The third-order valence-corrected chi connectivity index (χ3v) is 3.54. The van der Waals surface area contributed by atoms with E-state index in [2.05, 4.69) is 0 Å². The molecule has 114 valence electrons. The number of piperidine rings is 1. The van der Waals surface area contributed by atoms with E-state index in [0.29, 0.717) is 45.4 Å². The summed E-state index contributed by atoms with van der Waals surface area (Å²) >= 11 is 0. The van der Waals surface area contributed by atoms with E-state index in [1.807, 2.05) is 24.3 Å². The average molecular weight is 291 g/mol. The molecule has 0 unspecified atom stereocenters. The summed E-state index contributed by atoms with van der Waals surface area (Å²) in [7, 11) is 1.62. The molecule has 0 aromatic heterocycles. The van der Waals surface area contributed by atoms with Crippen LogP contribution in [0.15, 0.2) is 24.3 Å². The zero-order valence-electron chi connectivity index (χ0n) is 12.3. The van der Waals surface area contributed by atoms with Crippen LogP contribution in [0.5, 0.6) is 11.5 Å². The molecule has 0 bridgehead atoms. The molecule has 5 nitrogen and oxygen atoms in total. The van der Waals surface area contributed by atoms with E-state index in [9.17, 15) is 9.59 Å². The molecular formula is C16H21NO4. The highest BCUT2D eigenvalue weighted by Crippen LogP contribution is 2.17. The fourth-order valence-electron chi connectivity index (χ4n) is 2.25. The lowest BCUT2D eigenvalue weighted by atomic mass is 10.1. The number of nitrogens with zero attached hydrogens (tertiary/aromatic N) is 1. The van der Waals surface area contributed by atoms with Gasteiger partial charge in [0, 0.05) is 32.4 Å². The van der Waals surface area contributed by atoms with Gasteiger partial charge in [0.15, 0.2) is 0 Å². The Kier molecular flexibility index (Phi) is 5.60. The molecule has 2 rings (SSSR count). The smallest absolute Gasteiger partial charge is 0.222 e. The lowest BCUT2D eigenvalue weighted by Gasteiger charge is -2.26. The van der Waals surface area contributed by atoms with Gasteiger partial charge in [0.2, 0.25) is 5.91 Å². The zero-order valence-corrected chi connectivity index (χ0v) is 12.3. The first-order chi connectivity index (χ1) is 10.2. The highest BCUT2D eigenvalue weighted by Gasteiger charge is 2.19. The summed E-state index contributed by atoms with van der Waals surface area (Å²) in [6, 6.07) is 7.37. The summed E-state index contributed by atoms with van der Waals surface area (Å²) < 4.78 is 10.7. The van der Waals surface area contributed by atoms with E-state index < -0.39 is 0 Å². The normalized spacial score (nSPS) is 14.9. The minimum absolute atomic E-state index is 0.112. The Morgan fingerprint density at radius 2 is 1.76 bits per heavy atom. The number of hydrogen-bond acceptors (Lipinski definition) is 4. The third-order valence-electron chi connectivity index (χ3n) is 3.54. The van der Waals surface area contributed by atoms with E-state index in [1.165, 1.54) is 0 Å². The van der Waals surface area contributed by atoms with E-state index in [-0.39, 0.29) is 11.7 Å². The molecule has 0 radical (unpaired) electrons. The van der Waals surface area contributed by atoms with Crippen molar-refractivity contribution >= 4 is 11.7 Å². The Labute approximate surface area is 124 Å². The van der Waals surface area contributed by atoms with Gasteiger partial charge in [-0.3, -0.25) is 9.59 Å². The standard InChI is InChI=1S/C16H21NO4/c1-20-14-4-6-15(7-5-14)21-12-2-3-16(19)17-10-8-13(18)9-11-17/h4-7H,2-3,8-12H2,1H3. The maximum absolute atomic E-state index is 11.9. The number of Topliss-reactive ketones (excluding diaryl/α,β-unsaturated/α-hetero) is 1. The minimum Gasteiger partial charge on any atom is -0.497 e. The van der Waals surface area contributed by atoms with Gasteiger partial charge in [-0.15, -0.1) is 0 Å². The van der Waals surface area contributed by atoms with Crippen LogP contribution in [-0.2, 0) is 9.59 Å². The highest BCUT2D eigenvalue weighted by molar-refractivity contribution is 5.83. The molecule has 1 aromatic carbocycles. The zero-order chi connectivity index (χ0) is 15.1. The monoisotopic (exact) mass is 291 g/mol. The van der Waals surface area contributed by atoms with Gasteiger partial charge in [0.1, 0.15) is 17.3 Å². The Morgan fingerprint density at radius 3 is 2.38 bits per heavy atom. The molecule has 1 heterocycles. The van der Waals surface area contributed by atoms with Crippen molar-refractivity contribution in [2.75, 3.05) is 26.8 Å². The first-order valence-corrected chi connectivity index (χ1v) is 7.25. The van der Waals surface area contributed by atoms with Crippen molar-refractivity contribution in [2.45, 2.75) is 25.7 Å². The quantitative estimate of drug-likeness (QED) is 0.753. The van der Waals surface area contributed by atoms with Crippen molar-refractivity contribution in [1.29, 1.82) is 0 Å². The summed E-state index contributed by atoms with van der Waals surface area (Å²) in [4.78, 5) is 24.8. The van der Waals surface area contributed by atoms with Crippen LogP contribution in [0.1, 0.15) is 25.7 Å². The summed E-state index contributed by atoms with van der Waals surface area (Å²) in [6.45, 7) is 1.64. The van der Waals surface area contributed by atoms with Crippen molar-refractivity contribution in [3.63, 3.8) is 0 Å². The lowest BCUT2D eigenvalue weighted by Crippen LogP contribution is -2.38. The number of ketones is 1. The van der Waals surface area contributed by atoms with Crippen molar-refractivity contribution in [3.8, 4) is 11.5 Å². The Balaban J connectivity index is 1.64. The van der Waals surface area contributed by atoms with Crippen molar-refractivity contribution in [3.05, 3.63) is 24.3 Å². The van der Waals surface area contributed by atoms with Crippen LogP contribution in [0.3, 0.4) is 0 Å². The fourth-order valence-corrected chi connectivity index (χ4v) is 2.25. The van der Waals surface area contributed by atoms with Gasteiger partial charge in [-0.2, -0.15) is 0 Å². The summed E-state index contributed by atoms with van der Waals surface area (Å²) in [5.74, 6) is 1.92. The van der Waals surface area contributed by atoms with E-state index in [4.69, 9.17) is 9.47 Å². The predicted molar refractivity (Wildman–Crippen MR) is 78.5 cm³/mol. The van der Waals surface area contributed by atoms with Crippen LogP contribution in [0, 0.1) is 0 Å². The van der Waals surface area contributed by atoms with Crippen LogP contribution in [-0.4, -0.2) is 43.4 Å². The van der Waals surface area contributed by atoms with Crippen LogP contribution >= 0.6 is 0 Å². The summed E-state index contributed by atoms with van der Waals surface area (Å²) in [6.07, 6.45) is 2.13. The molecule has 0 atom stereocenters. The van der Waals surface area contributed by atoms with E-state index >= 15 is 0 Å². The lowest BCUT2D eigenvalue weighted by molar-refractivity contribution is -0.134. The molecule has 0 saturated carbocycles. The second kappa shape index (κ2) is 7.67. The number of methoxy groups -OCH3 is 1. The maximum Gasteiger partial charge on any atom is 0.222 e. The molecule has 0 spiro atoms. The van der Waals surface area contributed by atoms with Gasteiger partial charge < -0.3 is 14.4 Å². The number of ether oxygens (including phenoxy) is 2. The second-order valence-corrected chi connectivity index (χ2v) is 5.05. The molecule has 0 N–H and O–H groups in total. The molecule has 5 heteroatoms. The van der Waals surface area contributed by atoms with Gasteiger partial charge in [-0.1, -0.05) is 0 Å². The van der Waals surface area contributed by atoms with Gasteiger partial charge in [0.05, 0.1) is 13.7 Å². The molecule has 1 fully saturated rings. The summed E-state index contributed by atoms with van der Waals surface area (Å²) in [5, 5.41) is 0. The number of likely N-dealkylation sites (tertiary alicyclic amines) is 1. The molecule has 1 amide bonds. The molecule has 1 saturated heterocycles. The van der Waals surface area contributed by atoms with E-state index in [1.54, 1.807) is 12.0 Å². The molecule has 0 aliphatic carbocycles. The molecule has 1 aliphatic heterocycles. The number of carbonyl (C=O) groups is 2. The van der Waals surface area contributed by atoms with Crippen LogP contribution in [0.4, 0.5) is 0 Å². The van der Waals surface area contributed by atoms with Gasteiger partial charge in [-0.25, -0.2) is 0 Å². The number of carbonyl (C=O) groups excluding carboxylic acids is 2. The Bertz CT molecular complexity index is 474. The number of amides is 1. The first-order valence-electron chi connectivity index (χ1n) is 7.25. The summed E-state index contributed by atoms with van der Waals surface area (Å²) in [5.41, 5.74) is 0. The Morgan fingerprint density at radius 1 is 1.14 bits per heavy atom. The van der Waals surface area contributed by atoms with Gasteiger partial charge in [-0.05, 0) is 30.7 Å². The van der Waals surface area contributed by atoms with Crippen LogP contribution in [0.2, 0.25) is 0 Å². The SMILES string of the molecule is COc1ccc(OCCCC(=O)N2CCC(=O)CC2)cc1. The molecule has 1 aliphatic rings. The minimum atomic E-state index is 0.112. The Hall–Kier alpha value is -2.04. The number of benzene rings is 1. The van der Waals surface area contributed by atoms with Crippen molar-refractivity contribution in [1.82, 2.24) is 4.90 Å². The molecular weight excluding hydrogens is 270 g/mol. The number of hydrogen-bond donors (Lipinski definition) is 0.